The number of carbonyl (C=O) groups excluding carboxylic acids is 1. The van der Waals surface area contributed by atoms with Gasteiger partial charge in [0.2, 0.25) is 5.91 Å². The summed E-state index contributed by atoms with van der Waals surface area (Å²) in [6.45, 7) is 0.379. The van der Waals surface area contributed by atoms with Crippen molar-refractivity contribution in [3.63, 3.8) is 0 Å². The molecule has 4 N–H and O–H groups in total. The van der Waals surface area contributed by atoms with Gasteiger partial charge in [-0.3, -0.25) is 14.3 Å². The second kappa shape index (κ2) is 6.70. The van der Waals surface area contributed by atoms with E-state index in [0.717, 1.165) is 0 Å². The Balaban J connectivity index is 2.22. The predicted octanol–water partition coefficient (Wildman–Crippen LogP) is -1.33. The standard InChI is InChI=1S/C10H17N5O3/c1-15-6-13-8(14-15)4-5-12-10(18)7(11)2-3-9(16)17/h6-7H,2-5,11H2,1H3,(H,12,18)(H,16,17). The molecule has 1 amide bonds. The van der Waals surface area contributed by atoms with Crippen LogP contribution in [0.4, 0.5) is 0 Å². The van der Waals surface area contributed by atoms with Gasteiger partial charge in [0, 0.05) is 26.4 Å². The second-order valence-corrected chi connectivity index (χ2v) is 3.91. The van der Waals surface area contributed by atoms with Crippen LogP contribution in [0.5, 0.6) is 0 Å². The van der Waals surface area contributed by atoms with Gasteiger partial charge in [-0.05, 0) is 6.42 Å². The van der Waals surface area contributed by atoms with Gasteiger partial charge in [-0.15, -0.1) is 0 Å². The zero-order valence-electron chi connectivity index (χ0n) is 10.2. The summed E-state index contributed by atoms with van der Waals surface area (Å²) in [6, 6.07) is -0.794. The lowest BCUT2D eigenvalue weighted by molar-refractivity contribution is -0.137. The lowest BCUT2D eigenvalue weighted by Gasteiger charge is -2.10. The molecule has 0 aliphatic carbocycles. The van der Waals surface area contributed by atoms with Crippen LogP contribution < -0.4 is 11.1 Å². The summed E-state index contributed by atoms with van der Waals surface area (Å²) in [4.78, 5) is 25.8. The van der Waals surface area contributed by atoms with Gasteiger partial charge in [-0.25, -0.2) is 4.98 Å². The molecule has 1 heterocycles. The number of amides is 1. The Bertz CT molecular complexity index is 417. The maximum atomic E-state index is 11.5. The van der Waals surface area contributed by atoms with Gasteiger partial charge in [0.05, 0.1) is 6.04 Å². The number of nitrogens with zero attached hydrogens (tertiary/aromatic N) is 3. The van der Waals surface area contributed by atoms with Crippen LogP contribution in [-0.4, -0.2) is 44.3 Å². The first-order valence-corrected chi connectivity index (χ1v) is 5.58. The van der Waals surface area contributed by atoms with Gasteiger partial charge in [-0.2, -0.15) is 5.10 Å². The van der Waals surface area contributed by atoms with E-state index in [9.17, 15) is 9.59 Å². The van der Waals surface area contributed by atoms with Gasteiger partial charge >= 0.3 is 5.97 Å². The largest absolute Gasteiger partial charge is 0.481 e. The average Bonchev–Trinajstić information content (AvgIpc) is 2.71. The van der Waals surface area contributed by atoms with Crippen LogP contribution in [-0.2, 0) is 23.1 Å². The van der Waals surface area contributed by atoms with Crippen LogP contribution in [0.3, 0.4) is 0 Å². The third-order valence-corrected chi connectivity index (χ3v) is 2.30. The number of nitrogens with two attached hydrogens (primary N) is 1. The Labute approximate surface area is 104 Å². The van der Waals surface area contributed by atoms with Crippen LogP contribution in [0.1, 0.15) is 18.7 Å². The molecule has 0 bridgehead atoms. The second-order valence-electron chi connectivity index (χ2n) is 3.91. The van der Waals surface area contributed by atoms with Crippen molar-refractivity contribution in [3.05, 3.63) is 12.2 Å². The van der Waals surface area contributed by atoms with Gasteiger partial charge in [0.15, 0.2) is 5.82 Å². The minimum Gasteiger partial charge on any atom is -0.481 e. The maximum Gasteiger partial charge on any atom is 0.303 e. The maximum absolute atomic E-state index is 11.5. The van der Waals surface area contributed by atoms with Crippen molar-refractivity contribution in [2.45, 2.75) is 25.3 Å². The highest BCUT2D eigenvalue weighted by molar-refractivity contribution is 5.82. The van der Waals surface area contributed by atoms with Crippen LogP contribution >= 0.6 is 0 Å². The first-order valence-electron chi connectivity index (χ1n) is 5.58. The zero-order chi connectivity index (χ0) is 13.5. The molecule has 100 valence electrons. The van der Waals surface area contributed by atoms with E-state index < -0.39 is 12.0 Å². The Morgan fingerprint density at radius 3 is 2.89 bits per heavy atom. The smallest absolute Gasteiger partial charge is 0.303 e. The Hall–Kier alpha value is -1.96. The van der Waals surface area contributed by atoms with Crippen molar-refractivity contribution in [1.29, 1.82) is 0 Å². The number of carboxylic acids is 1. The van der Waals surface area contributed by atoms with Gasteiger partial charge in [0.1, 0.15) is 6.33 Å². The van der Waals surface area contributed by atoms with Crippen molar-refractivity contribution in [3.8, 4) is 0 Å². The molecule has 0 saturated carbocycles. The molecule has 18 heavy (non-hydrogen) atoms. The van der Waals surface area contributed by atoms with Gasteiger partial charge in [-0.1, -0.05) is 0 Å². The minimum atomic E-state index is -0.962. The van der Waals surface area contributed by atoms with Crippen molar-refractivity contribution in [2.75, 3.05) is 6.54 Å². The van der Waals surface area contributed by atoms with E-state index in [-0.39, 0.29) is 18.7 Å². The summed E-state index contributed by atoms with van der Waals surface area (Å²) >= 11 is 0. The number of nitrogens with one attached hydrogen (secondary N) is 1. The molecule has 8 heteroatoms. The fraction of sp³-hybridized carbons (Fsp3) is 0.600. The topological polar surface area (TPSA) is 123 Å². The summed E-state index contributed by atoms with van der Waals surface area (Å²) in [7, 11) is 1.76. The number of rotatable bonds is 7. The fourth-order valence-electron chi connectivity index (χ4n) is 1.34. The van der Waals surface area contributed by atoms with E-state index in [1.807, 2.05) is 0 Å². The Morgan fingerprint density at radius 2 is 2.33 bits per heavy atom. The minimum absolute atomic E-state index is 0.115. The summed E-state index contributed by atoms with van der Waals surface area (Å²) in [5, 5.41) is 15.1. The molecule has 1 unspecified atom stereocenters. The van der Waals surface area contributed by atoms with E-state index in [1.54, 1.807) is 18.1 Å². The molecule has 0 saturated heterocycles. The van der Waals surface area contributed by atoms with E-state index in [2.05, 4.69) is 15.4 Å². The Kier molecular flexibility index (Phi) is 5.25. The first-order chi connectivity index (χ1) is 8.49. The highest BCUT2D eigenvalue weighted by Crippen LogP contribution is 1.95. The van der Waals surface area contributed by atoms with E-state index in [1.165, 1.54) is 0 Å². The third-order valence-electron chi connectivity index (χ3n) is 2.30. The van der Waals surface area contributed by atoms with Crippen molar-refractivity contribution in [1.82, 2.24) is 20.1 Å². The summed E-state index contributed by atoms with van der Waals surface area (Å²) in [5.74, 6) is -0.681. The molecular weight excluding hydrogens is 238 g/mol. The molecule has 0 aliphatic heterocycles. The third kappa shape index (κ3) is 4.91. The SMILES string of the molecule is Cn1cnc(CCNC(=O)C(N)CCC(=O)O)n1. The molecular formula is C10H17N5O3. The number of aryl methyl sites for hydroxylation is 1. The number of carboxylic acid groups (broad SMARTS) is 1. The molecule has 0 aromatic carbocycles. The van der Waals surface area contributed by atoms with Crippen LogP contribution in [0.15, 0.2) is 6.33 Å². The number of aliphatic carboxylic acids is 1. The highest BCUT2D eigenvalue weighted by Gasteiger charge is 2.14. The highest BCUT2D eigenvalue weighted by atomic mass is 16.4. The van der Waals surface area contributed by atoms with E-state index in [4.69, 9.17) is 10.8 Å². The molecule has 1 aromatic rings. The summed E-state index contributed by atoms with van der Waals surface area (Å²) in [5.41, 5.74) is 5.54. The lowest BCUT2D eigenvalue weighted by atomic mass is 10.1. The fourth-order valence-corrected chi connectivity index (χ4v) is 1.34. The first kappa shape index (κ1) is 14.1. The molecule has 0 radical (unpaired) electrons. The summed E-state index contributed by atoms with van der Waals surface area (Å²) < 4.78 is 1.58. The van der Waals surface area contributed by atoms with E-state index in [0.29, 0.717) is 18.8 Å². The van der Waals surface area contributed by atoms with Crippen molar-refractivity contribution in [2.24, 2.45) is 12.8 Å². The molecule has 1 atom stereocenters. The molecule has 8 nitrogen and oxygen atoms in total. The van der Waals surface area contributed by atoms with E-state index >= 15 is 0 Å². The molecule has 0 aliphatic rings. The van der Waals surface area contributed by atoms with Gasteiger partial charge < -0.3 is 16.2 Å². The monoisotopic (exact) mass is 255 g/mol. The molecule has 0 spiro atoms. The molecule has 1 rings (SSSR count). The lowest BCUT2D eigenvalue weighted by Crippen LogP contribution is -2.41. The predicted molar refractivity (Wildman–Crippen MR) is 62.6 cm³/mol. The van der Waals surface area contributed by atoms with Crippen molar-refractivity contribution >= 4 is 11.9 Å². The number of hydrogen-bond donors (Lipinski definition) is 3. The number of aromatic nitrogens is 3. The normalized spacial score (nSPS) is 12.1. The van der Waals surface area contributed by atoms with Crippen molar-refractivity contribution < 1.29 is 14.7 Å². The Morgan fingerprint density at radius 1 is 1.61 bits per heavy atom. The van der Waals surface area contributed by atoms with Gasteiger partial charge in [0.25, 0.3) is 0 Å². The van der Waals surface area contributed by atoms with Crippen LogP contribution in [0.25, 0.3) is 0 Å². The van der Waals surface area contributed by atoms with Crippen LogP contribution in [0, 0.1) is 0 Å². The van der Waals surface area contributed by atoms with Crippen LogP contribution in [0.2, 0.25) is 0 Å². The summed E-state index contributed by atoms with van der Waals surface area (Å²) in [6.07, 6.45) is 2.10. The number of carbonyl (C=O) groups is 2. The average molecular weight is 255 g/mol. The zero-order valence-corrected chi connectivity index (χ0v) is 10.2. The molecule has 1 aromatic heterocycles. The quantitative estimate of drug-likeness (QED) is 0.554. The number of hydrogen-bond acceptors (Lipinski definition) is 5. The molecule has 0 fully saturated rings.